The Morgan fingerprint density at radius 1 is 1.38 bits per heavy atom. The van der Waals surface area contributed by atoms with Crippen molar-refractivity contribution in [3.8, 4) is 0 Å². The topological polar surface area (TPSA) is 91.7 Å². The highest BCUT2D eigenvalue weighted by molar-refractivity contribution is 6.01. The minimum Gasteiger partial charge on any atom is -0.459 e. The Kier molecular flexibility index (Phi) is 4.50. The zero-order valence-electron chi connectivity index (χ0n) is 13.4. The largest absolute Gasteiger partial charge is 0.459 e. The standard InChI is InChI=1S/C17H19N3O4/c1-11(14-9-12-5-2-3-6-13(12)24-14)19-15(21)7-4-8-20-16(22)10-18-17(20)23/h2-3,5-6,9,11H,4,7-8,10H2,1H3,(H,18,23)(H,19,21)/t11-/m0/s1. The van der Waals surface area contributed by atoms with Gasteiger partial charge in [0, 0.05) is 18.4 Å². The van der Waals surface area contributed by atoms with Gasteiger partial charge in [-0.3, -0.25) is 14.5 Å². The van der Waals surface area contributed by atoms with Gasteiger partial charge in [-0.25, -0.2) is 4.79 Å². The zero-order valence-corrected chi connectivity index (χ0v) is 13.4. The molecule has 7 nitrogen and oxygen atoms in total. The van der Waals surface area contributed by atoms with Gasteiger partial charge < -0.3 is 15.1 Å². The predicted molar refractivity (Wildman–Crippen MR) is 87.1 cm³/mol. The predicted octanol–water partition coefficient (Wildman–Crippen LogP) is 1.94. The highest BCUT2D eigenvalue weighted by Crippen LogP contribution is 2.23. The number of para-hydroxylation sites is 1. The molecule has 1 aliphatic rings. The van der Waals surface area contributed by atoms with E-state index in [0.717, 1.165) is 15.9 Å². The van der Waals surface area contributed by atoms with Gasteiger partial charge in [0.2, 0.25) is 11.8 Å². The maximum Gasteiger partial charge on any atom is 0.324 e. The third kappa shape index (κ3) is 3.40. The monoisotopic (exact) mass is 329 g/mol. The molecular weight excluding hydrogens is 310 g/mol. The molecule has 0 spiro atoms. The van der Waals surface area contributed by atoms with Crippen LogP contribution in [-0.2, 0) is 9.59 Å². The van der Waals surface area contributed by atoms with Gasteiger partial charge in [0.05, 0.1) is 12.6 Å². The van der Waals surface area contributed by atoms with Crippen molar-refractivity contribution in [1.82, 2.24) is 15.5 Å². The van der Waals surface area contributed by atoms with E-state index in [9.17, 15) is 14.4 Å². The first kappa shape index (κ1) is 16.0. The minimum atomic E-state index is -0.393. The maximum atomic E-state index is 12.0. The molecule has 1 aromatic carbocycles. The van der Waals surface area contributed by atoms with E-state index < -0.39 is 6.03 Å². The van der Waals surface area contributed by atoms with Crippen molar-refractivity contribution in [3.63, 3.8) is 0 Å². The van der Waals surface area contributed by atoms with Gasteiger partial charge in [-0.15, -0.1) is 0 Å². The number of urea groups is 1. The Morgan fingerprint density at radius 3 is 2.88 bits per heavy atom. The maximum absolute atomic E-state index is 12.0. The van der Waals surface area contributed by atoms with Gasteiger partial charge in [-0.1, -0.05) is 18.2 Å². The number of rotatable bonds is 6. The molecule has 2 aromatic rings. The van der Waals surface area contributed by atoms with Crippen LogP contribution in [0, 0.1) is 0 Å². The van der Waals surface area contributed by atoms with Crippen molar-refractivity contribution >= 4 is 28.8 Å². The molecular formula is C17H19N3O4. The number of furan rings is 1. The van der Waals surface area contributed by atoms with Crippen LogP contribution in [-0.4, -0.2) is 35.8 Å². The van der Waals surface area contributed by atoms with Gasteiger partial charge in [0.25, 0.3) is 0 Å². The van der Waals surface area contributed by atoms with E-state index in [0.29, 0.717) is 12.2 Å². The Labute approximate surface area is 139 Å². The second kappa shape index (κ2) is 6.74. The first-order chi connectivity index (χ1) is 11.5. The molecule has 1 atom stereocenters. The molecule has 7 heteroatoms. The summed E-state index contributed by atoms with van der Waals surface area (Å²) in [5, 5.41) is 6.31. The normalized spacial score (nSPS) is 15.6. The number of carbonyl (C=O) groups is 3. The van der Waals surface area contributed by atoms with E-state index in [1.807, 2.05) is 37.3 Å². The van der Waals surface area contributed by atoms with E-state index in [1.165, 1.54) is 0 Å². The number of carbonyl (C=O) groups excluding carboxylic acids is 3. The molecule has 0 aliphatic carbocycles. The first-order valence-corrected chi connectivity index (χ1v) is 7.90. The average molecular weight is 329 g/mol. The van der Waals surface area contributed by atoms with Gasteiger partial charge in [0.15, 0.2) is 0 Å². The molecule has 2 N–H and O–H groups in total. The number of nitrogens with one attached hydrogen (secondary N) is 2. The smallest absolute Gasteiger partial charge is 0.324 e. The number of benzene rings is 1. The molecule has 24 heavy (non-hydrogen) atoms. The molecule has 0 bridgehead atoms. The van der Waals surface area contributed by atoms with Crippen LogP contribution in [0.25, 0.3) is 11.0 Å². The van der Waals surface area contributed by atoms with Crippen molar-refractivity contribution in [1.29, 1.82) is 0 Å². The van der Waals surface area contributed by atoms with Gasteiger partial charge in [-0.05, 0) is 25.5 Å². The second-order valence-electron chi connectivity index (χ2n) is 5.78. The van der Waals surface area contributed by atoms with Crippen molar-refractivity contribution in [2.24, 2.45) is 0 Å². The molecule has 3 rings (SSSR count). The van der Waals surface area contributed by atoms with Gasteiger partial charge >= 0.3 is 6.03 Å². The molecule has 1 aliphatic heterocycles. The lowest BCUT2D eigenvalue weighted by atomic mass is 10.2. The fourth-order valence-corrected chi connectivity index (χ4v) is 2.68. The molecule has 4 amide bonds. The van der Waals surface area contributed by atoms with Crippen LogP contribution in [0.1, 0.15) is 31.6 Å². The summed E-state index contributed by atoms with van der Waals surface area (Å²) in [6.45, 7) is 2.14. The first-order valence-electron chi connectivity index (χ1n) is 7.90. The summed E-state index contributed by atoms with van der Waals surface area (Å²) in [4.78, 5) is 36.0. The summed E-state index contributed by atoms with van der Waals surface area (Å²) in [7, 11) is 0. The summed E-state index contributed by atoms with van der Waals surface area (Å²) >= 11 is 0. The van der Waals surface area contributed by atoms with E-state index in [2.05, 4.69) is 10.6 Å². The van der Waals surface area contributed by atoms with E-state index in [1.54, 1.807) is 0 Å². The Bertz CT molecular complexity index is 734. The molecule has 1 aromatic heterocycles. The van der Waals surface area contributed by atoms with Crippen LogP contribution in [0.2, 0.25) is 0 Å². The highest BCUT2D eigenvalue weighted by atomic mass is 16.3. The SMILES string of the molecule is C[C@H](NC(=O)CCCN1C(=O)CNC1=O)c1cc2ccccc2o1. The number of fused-ring (bicyclic) bond motifs is 1. The van der Waals surface area contributed by atoms with Crippen molar-refractivity contribution in [2.75, 3.05) is 13.1 Å². The Morgan fingerprint density at radius 2 is 2.17 bits per heavy atom. The summed E-state index contributed by atoms with van der Waals surface area (Å²) in [5.41, 5.74) is 0.784. The van der Waals surface area contributed by atoms with E-state index in [-0.39, 0.29) is 37.4 Å². The van der Waals surface area contributed by atoms with Crippen molar-refractivity contribution < 1.29 is 18.8 Å². The lowest BCUT2D eigenvalue weighted by Crippen LogP contribution is -2.33. The molecule has 2 heterocycles. The number of imide groups is 1. The number of nitrogens with zero attached hydrogens (tertiary/aromatic N) is 1. The molecule has 0 saturated carbocycles. The molecule has 126 valence electrons. The number of hydrogen-bond acceptors (Lipinski definition) is 4. The van der Waals surface area contributed by atoms with E-state index >= 15 is 0 Å². The van der Waals surface area contributed by atoms with Crippen LogP contribution in [0.4, 0.5) is 4.79 Å². The summed E-state index contributed by atoms with van der Waals surface area (Å²) in [5.74, 6) is 0.296. The fourth-order valence-electron chi connectivity index (χ4n) is 2.68. The van der Waals surface area contributed by atoms with Crippen LogP contribution in [0.3, 0.4) is 0 Å². The summed E-state index contributed by atoms with van der Waals surface area (Å²) in [6, 6.07) is 8.93. The zero-order chi connectivity index (χ0) is 17.1. The van der Waals surface area contributed by atoms with Crippen LogP contribution in [0.5, 0.6) is 0 Å². The quantitative estimate of drug-likeness (QED) is 0.792. The second-order valence-corrected chi connectivity index (χ2v) is 5.78. The summed E-state index contributed by atoms with van der Waals surface area (Å²) < 4.78 is 5.72. The van der Waals surface area contributed by atoms with Gasteiger partial charge in [-0.2, -0.15) is 0 Å². The highest BCUT2D eigenvalue weighted by Gasteiger charge is 2.27. The Balaban J connectivity index is 1.49. The third-order valence-electron chi connectivity index (χ3n) is 3.97. The van der Waals surface area contributed by atoms with Gasteiger partial charge in [0.1, 0.15) is 11.3 Å². The molecule has 0 radical (unpaired) electrons. The lowest BCUT2D eigenvalue weighted by Gasteiger charge is -2.13. The fraction of sp³-hybridized carbons (Fsp3) is 0.353. The molecule has 0 unspecified atom stereocenters. The number of hydrogen-bond donors (Lipinski definition) is 2. The molecule has 1 fully saturated rings. The van der Waals surface area contributed by atoms with Crippen molar-refractivity contribution in [3.05, 3.63) is 36.1 Å². The molecule has 1 saturated heterocycles. The number of amides is 4. The third-order valence-corrected chi connectivity index (χ3v) is 3.97. The van der Waals surface area contributed by atoms with E-state index in [4.69, 9.17) is 4.42 Å². The van der Waals surface area contributed by atoms with Crippen LogP contribution in [0.15, 0.2) is 34.7 Å². The lowest BCUT2D eigenvalue weighted by molar-refractivity contribution is -0.126. The van der Waals surface area contributed by atoms with Crippen LogP contribution < -0.4 is 10.6 Å². The summed E-state index contributed by atoms with van der Waals surface area (Å²) in [6.07, 6.45) is 0.666. The van der Waals surface area contributed by atoms with Crippen LogP contribution >= 0.6 is 0 Å². The average Bonchev–Trinajstić information content (AvgIpc) is 3.12. The Hall–Kier alpha value is -2.83. The minimum absolute atomic E-state index is 0.0358. The van der Waals surface area contributed by atoms with Crippen molar-refractivity contribution in [2.45, 2.75) is 25.8 Å².